The maximum Gasteiger partial charge on any atom is 0.256 e. The molecule has 0 unspecified atom stereocenters. The summed E-state index contributed by atoms with van der Waals surface area (Å²) < 4.78 is 4.23. The summed E-state index contributed by atoms with van der Waals surface area (Å²) in [6, 6.07) is 16.8. The lowest BCUT2D eigenvalue weighted by Gasteiger charge is -2.10. The molecule has 27 heavy (non-hydrogen) atoms. The number of hydrogen-bond donors (Lipinski definition) is 1. The molecule has 9 heteroatoms. The second-order valence-electron chi connectivity index (χ2n) is 5.76. The van der Waals surface area contributed by atoms with Gasteiger partial charge in [0, 0.05) is 16.1 Å². The molecule has 4 aromatic rings. The number of nitrogens with one attached hydrogen (secondary N) is 1. The van der Waals surface area contributed by atoms with Crippen LogP contribution in [0.1, 0.15) is 15.9 Å². The number of carbonyl (C=O) groups is 1. The molecule has 0 aliphatic carbocycles. The van der Waals surface area contributed by atoms with Crippen molar-refractivity contribution in [1.29, 1.82) is 0 Å². The van der Waals surface area contributed by atoms with Gasteiger partial charge in [-0.05, 0) is 46.3 Å². The van der Waals surface area contributed by atoms with Crippen molar-refractivity contribution in [2.75, 3.05) is 5.32 Å². The SMILES string of the molecule is O=C(Nc1ccnn1Cc1cccc(Br)c1)c1cccc(-n2cnnn2)c1. The van der Waals surface area contributed by atoms with Crippen LogP contribution in [0.25, 0.3) is 5.69 Å². The Kier molecular flexibility index (Phi) is 4.75. The zero-order valence-corrected chi connectivity index (χ0v) is 15.6. The first-order valence-electron chi connectivity index (χ1n) is 8.10. The predicted octanol–water partition coefficient (Wildman–Crippen LogP) is 2.92. The maximum absolute atomic E-state index is 12.7. The Labute approximate surface area is 163 Å². The highest BCUT2D eigenvalue weighted by Crippen LogP contribution is 2.16. The summed E-state index contributed by atoms with van der Waals surface area (Å²) in [5.41, 5.74) is 2.28. The van der Waals surface area contributed by atoms with Crippen LogP contribution in [0.4, 0.5) is 5.82 Å². The van der Waals surface area contributed by atoms with E-state index in [9.17, 15) is 4.79 Å². The van der Waals surface area contributed by atoms with Crippen LogP contribution in [-0.4, -0.2) is 35.9 Å². The van der Waals surface area contributed by atoms with E-state index in [0.717, 1.165) is 10.0 Å². The number of carbonyl (C=O) groups excluding carboxylic acids is 1. The fourth-order valence-corrected chi connectivity index (χ4v) is 3.08. The molecule has 0 saturated heterocycles. The van der Waals surface area contributed by atoms with Gasteiger partial charge in [0.25, 0.3) is 5.91 Å². The Morgan fingerprint density at radius 3 is 2.81 bits per heavy atom. The molecular weight excluding hydrogens is 410 g/mol. The number of nitrogens with zero attached hydrogens (tertiary/aromatic N) is 6. The second-order valence-corrected chi connectivity index (χ2v) is 6.68. The zero-order valence-electron chi connectivity index (χ0n) is 14.0. The van der Waals surface area contributed by atoms with Gasteiger partial charge < -0.3 is 5.32 Å². The van der Waals surface area contributed by atoms with E-state index in [1.807, 2.05) is 30.3 Å². The first-order chi connectivity index (χ1) is 13.2. The smallest absolute Gasteiger partial charge is 0.256 e. The molecule has 0 bridgehead atoms. The standard InChI is InChI=1S/C18H14BrN7O/c19-15-5-1-3-13(9-15)11-25-17(7-8-21-25)22-18(27)14-4-2-6-16(10-14)26-12-20-23-24-26/h1-10,12H,11H2,(H,22,27). The van der Waals surface area contributed by atoms with Crippen molar-refractivity contribution in [3.8, 4) is 5.69 Å². The van der Waals surface area contributed by atoms with E-state index in [2.05, 4.69) is 41.9 Å². The number of benzene rings is 2. The zero-order chi connectivity index (χ0) is 18.6. The lowest BCUT2D eigenvalue weighted by Crippen LogP contribution is -2.16. The monoisotopic (exact) mass is 423 g/mol. The summed E-state index contributed by atoms with van der Waals surface area (Å²) in [5.74, 6) is 0.383. The van der Waals surface area contributed by atoms with E-state index in [0.29, 0.717) is 23.6 Å². The highest BCUT2D eigenvalue weighted by atomic mass is 79.9. The second kappa shape index (κ2) is 7.50. The van der Waals surface area contributed by atoms with Crippen molar-refractivity contribution in [3.63, 3.8) is 0 Å². The van der Waals surface area contributed by atoms with Gasteiger partial charge in [0.2, 0.25) is 0 Å². The molecule has 2 heterocycles. The number of tetrazole rings is 1. The Morgan fingerprint density at radius 2 is 2.00 bits per heavy atom. The summed E-state index contributed by atoms with van der Waals surface area (Å²) in [6.07, 6.45) is 3.13. The van der Waals surface area contributed by atoms with E-state index >= 15 is 0 Å². The predicted molar refractivity (Wildman–Crippen MR) is 103 cm³/mol. The van der Waals surface area contributed by atoms with Gasteiger partial charge in [-0.3, -0.25) is 4.79 Å². The molecule has 0 aliphatic heterocycles. The molecule has 2 aromatic heterocycles. The van der Waals surface area contributed by atoms with Crippen LogP contribution >= 0.6 is 15.9 Å². The Hall–Kier alpha value is -3.33. The quantitative estimate of drug-likeness (QED) is 0.532. The summed E-state index contributed by atoms with van der Waals surface area (Å²) in [5, 5.41) is 18.3. The number of rotatable bonds is 5. The summed E-state index contributed by atoms with van der Waals surface area (Å²) in [6.45, 7) is 0.548. The highest BCUT2D eigenvalue weighted by Gasteiger charge is 2.11. The molecular formula is C18H14BrN7O. The number of hydrogen-bond acceptors (Lipinski definition) is 5. The van der Waals surface area contributed by atoms with E-state index < -0.39 is 0 Å². The summed E-state index contributed by atoms with van der Waals surface area (Å²) in [4.78, 5) is 12.7. The van der Waals surface area contributed by atoms with Gasteiger partial charge in [-0.2, -0.15) is 5.10 Å². The normalized spacial score (nSPS) is 10.7. The number of halogens is 1. The molecule has 0 aliphatic rings. The minimum Gasteiger partial charge on any atom is -0.307 e. The molecule has 1 N–H and O–H groups in total. The molecule has 134 valence electrons. The van der Waals surface area contributed by atoms with Crippen LogP contribution < -0.4 is 5.32 Å². The maximum atomic E-state index is 12.7. The van der Waals surface area contributed by atoms with Gasteiger partial charge in [0.15, 0.2) is 0 Å². The van der Waals surface area contributed by atoms with Crippen molar-refractivity contribution >= 4 is 27.7 Å². The Morgan fingerprint density at radius 1 is 1.11 bits per heavy atom. The van der Waals surface area contributed by atoms with Crippen molar-refractivity contribution in [1.82, 2.24) is 30.0 Å². The van der Waals surface area contributed by atoms with E-state index in [1.54, 1.807) is 35.1 Å². The van der Waals surface area contributed by atoms with Crippen LogP contribution in [0.3, 0.4) is 0 Å². The molecule has 4 rings (SSSR count). The highest BCUT2D eigenvalue weighted by molar-refractivity contribution is 9.10. The summed E-state index contributed by atoms with van der Waals surface area (Å²) >= 11 is 3.46. The Bertz CT molecular complexity index is 1070. The van der Waals surface area contributed by atoms with Crippen LogP contribution in [-0.2, 0) is 6.54 Å². The number of anilines is 1. The average molecular weight is 424 g/mol. The van der Waals surface area contributed by atoms with Crippen LogP contribution in [0.15, 0.2) is 71.6 Å². The fourth-order valence-electron chi connectivity index (χ4n) is 2.63. The van der Waals surface area contributed by atoms with Crippen molar-refractivity contribution in [3.05, 3.63) is 82.7 Å². The van der Waals surface area contributed by atoms with Gasteiger partial charge in [0.05, 0.1) is 18.4 Å². The van der Waals surface area contributed by atoms with Crippen LogP contribution in [0.5, 0.6) is 0 Å². The fraction of sp³-hybridized carbons (Fsp3) is 0.0556. The molecule has 8 nitrogen and oxygen atoms in total. The number of aromatic nitrogens is 6. The molecule has 2 aromatic carbocycles. The molecule has 0 spiro atoms. The van der Waals surface area contributed by atoms with Crippen LogP contribution in [0, 0.1) is 0 Å². The molecule has 0 atom stereocenters. The average Bonchev–Trinajstić information content (AvgIpc) is 3.35. The number of amides is 1. The Balaban J connectivity index is 1.53. The molecule has 0 fully saturated rings. The van der Waals surface area contributed by atoms with Crippen molar-refractivity contribution < 1.29 is 4.79 Å². The third-order valence-electron chi connectivity index (χ3n) is 3.90. The first-order valence-corrected chi connectivity index (χ1v) is 8.89. The van der Waals surface area contributed by atoms with Crippen molar-refractivity contribution in [2.24, 2.45) is 0 Å². The molecule has 0 saturated carbocycles. The minimum atomic E-state index is -0.235. The van der Waals surface area contributed by atoms with Gasteiger partial charge in [-0.15, -0.1) is 5.10 Å². The lowest BCUT2D eigenvalue weighted by molar-refractivity contribution is 0.102. The van der Waals surface area contributed by atoms with Gasteiger partial charge in [-0.1, -0.05) is 34.1 Å². The van der Waals surface area contributed by atoms with Gasteiger partial charge in [0.1, 0.15) is 12.1 Å². The lowest BCUT2D eigenvalue weighted by atomic mass is 10.2. The van der Waals surface area contributed by atoms with Crippen LogP contribution in [0.2, 0.25) is 0 Å². The van der Waals surface area contributed by atoms with Gasteiger partial charge >= 0.3 is 0 Å². The van der Waals surface area contributed by atoms with Crippen molar-refractivity contribution in [2.45, 2.75) is 6.54 Å². The molecule has 1 amide bonds. The summed E-state index contributed by atoms with van der Waals surface area (Å²) in [7, 11) is 0. The topological polar surface area (TPSA) is 90.5 Å². The minimum absolute atomic E-state index is 0.235. The van der Waals surface area contributed by atoms with E-state index in [-0.39, 0.29) is 5.91 Å². The van der Waals surface area contributed by atoms with Gasteiger partial charge in [-0.25, -0.2) is 9.36 Å². The molecule has 0 radical (unpaired) electrons. The third kappa shape index (κ3) is 3.93. The third-order valence-corrected chi connectivity index (χ3v) is 4.39. The van der Waals surface area contributed by atoms with E-state index in [1.165, 1.54) is 11.0 Å². The largest absolute Gasteiger partial charge is 0.307 e. The van der Waals surface area contributed by atoms with E-state index in [4.69, 9.17) is 0 Å². The first kappa shape index (κ1) is 17.1.